The van der Waals surface area contributed by atoms with E-state index >= 15 is 0 Å². The fourth-order valence-electron chi connectivity index (χ4n) is 0.608. The summed E-state index contributed by atoms with van der Waals surface area (Å²) in [5, 5.41) is 0.820. The van der Waals surface area contributed by atoms with E-state index in [1.165, 1.54) is 23.7 Å². The monoisotopic (exact) mass is 179 g/mol. The number of benzene rings is 1. The third kappa shape index (κ3) is 1.75. The van der Waals surface area contributed by atoms with E-state index in [2.05, 4.69) is 0 Å². The Hall–Kier alpha value is -0.470. The molecule has 0 saturated heterocycles. The summed E-state index contributed by atoms with van der Waals surface area (Å²) in [5.74, 6) is 0. The Labute approximate surface area is 67.7 Å². The first-order valence-electron chi connectivity index (χ1n) is 2.55. The van der Waals surface area contributed by atoms with Crippen LogP contribution < -0.4 is 5.54 Å². The lowest BCUT2D eigenvalue weighted by Crippen LogP contribution is -1.80. The van der Waals surface area contributed by atoms with Crippen molar-refractivity contribution in [2.75, 3.05) is 5.54 Å². The molecule has 1 nitrogen and oxygen atoms in total. The van der Waals surface area contributed by atoms with Crippen LogP contribution in [0.1, 0.15) is 0 Å². The van der Waals surface area contributed by atoms with Crippen LogP contribution in [0.25, 0.3) is 0 Å². The molecule has 0 atom stereocenters. The highest BCUT2D eigenvalue weighted by Crippen LogP contribution is 2.22. The van der Waals surface area contributed by atoms with Gasteiger partial charge in [0, 0.05) is 10.0 Å². The molecule has 10 heavy (non-hydrogen) atoms. The summed E-state index contributed by atoms with van der Waals surface area (Å²) in [6.07, 6.45) is 0. The summed E-state index contributed by atoms with van der Waals surface area (Å²) in [6, 6.07) is 4.41. The molecule has 0 aromatic heterocycles. The van der Waals surface area contributed by atoms with Crippen LogP contribution in [-0.2, 0) is 0 Å². The lowest BCUT2D eigenvalue weighted by molar-refractivity contribution is 0.618. The van der Waals surface area contributed by atoms with Crippen molar-refractivity contribution in [1.82, 2.24) is 0 Å². The zero-order valence-corrected chi connectivity index (χ0v) is 6.38. The Kier molecular flexibility index (Phi) is 2.35. The fourth-order valence-corrected chi connectivity index (χ4v) is 1.13. The third-order valence-corrected chi connectivity index (χ3v) is 1.41. The molecule has 0 spiro atoms. The van der Waals surface area contributed by atoms with E-state index in [1.807, 2.05) is 0 Å². The molecule has 0 heterocycles. The number of halogens is 3. The van der Waals surface area contributed by atoms with E-state index in [9.17, 15) is 4.48 Å². The lowest BCUT2D eigenvalue weighted by atomic mass is 10.3. The predicted molar refractivity (Wildman–Crippen MR) is 41.2 cm³/mol. The highest BCUT2D eigenvalue weighted by atomic mass is 35.5. The Balaban J connectivity index is 3.06. The maximum Gasteiger partial charge on any atom is 0.0685 e. The average molecular weight is 180 g/mol. The van der Waals surface area contributed by atoms with Gasteiger partial charge < -0.3 is 0 Å². The van der Waals surface area contributed by atoms with Gasteiger partial charge in [-0.25, -0.2) is 5.54 Å². The topological polar surface area (TPSA) is 12.0 Å². The minimum atomic E-state index is 0.262. The minimum absolute atomic E-state index is 0.262. The smallest absolute Gasteiger partial charge is 0.0685 e. The van der Waals surface area contributed by atoms with Gasteiger partial charge >= 0.3 is 0 Å². The van der Waals surface area contributed by atoms with E-state index in [4.69, 9.17) is 23.2 Å². The van der Waals surface area contributed by atoms with Crippen LogP contribution in [0.4, 0.5) is 10.2 Å². The van der Waals surface area contributed by atoms with Gasteiger partial charge in [0.2, 0.25) is 0 Å². The predicted octanol–water partition coefficient (Wildman–Crippen LogP) is 3.29. The molecule has 1 N–H and O–H groups in total. The molecule has 0 aliphatic rings. The summed E-state index contributed by atoms with van der Waals surface area (Å²) in [7, 11) is 0. The molecule has 0 aliphatic carbocycles. The first-order chi connectivity index (χ1) is 4.72. The molecule has 0 aliphatic heterocycles. The van der Waals surface area contributed by atoms with Crippen molar-refractivity contribution in [2.24, 2.45) is 0 Å². The minimum Gasteiger partial charge on any atom is -0.224 e. The van der Waals surface area contributed by atoms with Crippen LogP contribution in [-0.4, -0.2) is 0 Å². The molecule has 1 aromatic carbocycles. The van der Waals surface area contributed by atoms with E-state index in [0.717, 1.165) is 0 Å². The summed E-state index contributed by atoms with van der Waals surface area (Å²) in [4.78, 5) is 0. The van der Waals surface area contributed by atoms with Gasteiger partial charge in [-0.15, -0.1) is 4.48 Å². The van der Waals surface area contributed by atoms with E-state index in [0.29, 0.717) is 10.0 Å². The second-order valence-corrected chi connectivity index (χ2v) is 2.63. The normalized spacial score (nSPS) is 9.50. The first kappa shape index (κ1) is 7.63. The summed E-state index contributed by atoms with van der Waals surface area (Å²) in [5.41, 5.74) is 1.70. The Morgan fingerprint density at radius 3 is 2.00 bits per heavy atom. The maximum atomic E-state index is 11.7. The highest BCUT2D eigenvalue weighted by Gasteiger charge is 1.95. The second-order valence-electron chi connectivity index (χ2n) is 1.75. The van der Waals surface area contributed by atoms with Crippen molar-refractivity contribution in [1.29, 1.82) is 0 Å². The molecule has 0 bridgehead atoms. The molecule has 1 aromatic rings. The van der Waals surface area contributed by atoms with Gasteiger partial charge in [0.1, 0.15) is 0 Å². The zero-order chi connectivity index (χ0) is 7.56. The zero-order valence-electron chi connectivity index (χ0n) is 4.87. The second kappa shape index (κ2) is 3.08. The molecular formula is C6H4Cl2FN. The van der Waals surface area contributed by atoms with Crippen molar-refractivity contribution < 1.29 is 4.48 Å². The molecule has 4 heteroatoms. The van der Waals surface area contributed by atoms with Gasteiger partial charge in [-0.05, 0) is 18.2 Å². The van der Waals surface area contributed by atoms with E-state index < -0.39 is 0 Å². The molecule has 0 radical (unpaired) electrons. The van der Waals surface area contributed by atoms with Gasteiger partial charge in [-0.2, -0.15) is 0 Å². The fraction of sp³-hybridized carbons (Fsp3) is 0. The first-order valence-corrected chi connectivity index (χ1v) is 3.30. The molecule has 0 unspecified atom stereocenters. The van der Waals surface area contributed by atoms with Gasteiger partial charge in [0.15, 0.2) is 0 Å². The van der Waals surface area contributed by atoms with E-state index in [-0.39, 0.29) is 5.69 Å². The van der Waals surface area contributed by atoms with Gasteiger partial charge in [-0.3, -0.25) is 0 Å². The molecule has 54 valence electrons. The van der Waals surface area contributed by atoms with Gasteiger partial charge in [-0.1, -0.05) is 23.2 Å². The summed E-state index contributed by atoms with van der Waals surface area (Å²) in [6.45, 7) is 0. The van der Waals surface area contributed by atoms with Crippen molar-refractivity contribution in [3.63, 3.8) is 0 Å². The van der Waals surface area contributed by atoms with Crippen molar-refractivity contribution >= 4 is 28.9 Å². The van der Waals surface area contributed by atoms with Crippen molar-refractivity contribution in [3.8, 4) is 0 Å². The van der Waals surface area contributed by atoms with Crippen LogP contribution in [0.2, 0.25) is 10.0 Å². The number of anilines is 1. The highest BCUT2D eigenvalue weighted by molar-refractivity contribution is 6.35. The average Bonchev–Trinajstić information content (AvgIpc) is 1.85. The van der Waals surface area contributed by atoms with Crippen LogP contribution in [0, 0.1) is 0 Å². The number of rotatable bonds is 1. The van der Waals surface area contributed by atoms with Gasteiger partial charge in [0.05, 0.1) is 5.69 Å². The molecule has 1 rings (SSSR count). The molecule has 0 saturated carbocycles. The molecule has 0 fully saturated rings. The van der Waals surface area contributed by atoms with Crippen LogP contribution in [0.5, 0.6) is 0 Å². The SMILES string of the molecule is FNc1cc(Cl)cc(Cl)c1. The van der Waals surface area contributed by atoms with Crippen molar-refractivity contribution in [2.45, 2.75) is 0 Å². The number of nitrogens with one attached hydrogen (secondary N) is 1. The summed E-state index contributed by atoms with van der Waals surface area (Å²) < 4.78 is 11.7. The quantitative estimate of drug-likeness (QED) is 0.653. The standard InChI is InChI=1S/C6H4Cl2FN/c7-4-1-5(8)3-6(2-4)10-9/h1-3,10H. The lowest BCUT2D eigenvalue weighted by Gasteiger charge is -1.96. The number of hydrogen-bond donors (Lipinski definition) is 1. The van der Waals surface area contributed by atoms with Crippen LogP contribution >= 0.6 is 23.2 Å². The molecular weight excluding hydrogens is 176 g/mol. The largest absolute Gasteiger partial charge is 0.224 e. The van der Waals surface area contributed by atoms with Crippen LogP contribution in [0.3, 0.4) is 0 Å². The Morgan fingerprint density at radius 1 is 1.10 bits per heavy atom. The Bertz CT molecular complexity index is 219. The molecule has 0 amide bonds. The van der Waals surface area contributed by atoms with Gasteiger partial charge in [0.25, 0.3) is 0 Å². The van der Waals surface area contributed by atoms with E-state index in [1.54, 1.807) is 0 Å². The third-order valence-electron chi connectivity index (χ3n) is 0.972. The maximum absolute atomic E-state index is 11.7. The number of hydrogen-bond acceptors (Lipinski definition) is 1. The summed E-state index contributed by atoms with van der Waals surface area (Å²) >= 11 is 11.1. The van der Waals surface area contributed by atoms with Crippen LogP contribution in [0.15, 0.2) is 18.2 Å². The Morgan fingerprint density at radius 2 is 1.60 bits per heavy atom. The van der Waals surface area contributed by atoms with Crippen molar-refractivity contribution in [3.05, 3.63) is 28.2 Å².